The van der Waals surface area contributed by atoms with Crippen LogP contribution in [-0.2, 0) is 11.3 Å². The topological polar surface area (TPSA) is 82.8 Å². The van der Waals surface area contributed by atoms with Gasteiger partial charge in [-0.25, -0.2) is 4.79 Å². The van der Waals surface area contributed by atoms with E-state index >= 15 is 0 Å². The van der Waals surface area contributed by atoms with Gasteiger partial charge in [-0.2, -0.15) is 0 Å². The molecule has 6 heteroatoms. The van der Waals surface area contributed by atoms with Gasteiger partial charge in [0.25, 0.3) is 0 Å². The normalized spacial score (nSPS) is 11.5. The van der Waals surface area contributed by atoms with E-state index in [0.717, 1.165) is 28.3 Å². The summed E-state index contributed by atoms with van der Waals surface area (Å²) in [7, 11) is 3.25. The highest BCUT2D eigenvalue weighted by atomic mass is 16.6. The highest BCUT2D eigenvalue weighted by Crippen LogP contribution is 2.32. The standard InChI is InChI=1S/C19H24N2O4/c1-4-18(25-19(20)22)16-10-9-15(24-3)11-17(16)21-12-13-5-7-14(23-2)8-6-13/h5-11,18,21H,4,12H2,1-3H3,(H2,20,22). The lowest BCUT2D eigenvalue weighted by atomic mass is 10.0. The molecular formula is C19H24N2O4. The first-order chi connectivity index (χ1) is 12.1. The van der Waals surface area contributed by atoms with Gasteiger partial charge in [-0.05, 0) is 36.2 Å². The summed E-state index contributed by atoms with van der Waals surface area (Å²) < 4.78 is 15.7. The molecule has 2 aromatic rings. The van der Waals surface area contributed by atoms with E-state index in [0.29, 0.717) is 13.0 Å². The Morgan fingerprint density at radius 2 is 1.72 bits per heavy atom. The number of ether oxygens (including phenoxy) is 3. The van der Waals surface area contributed by atoms with Gasteiger partial charge in [0.05, 0.1) is 14.2 Å². The van der Waals surface area contributed by atoms with Crippen LogP contribution in [0.5, 0.6) is 11.5 Å². The van der Waals surface area contributed by atoms with Gasteiger partial charge in [0.1, 0.15) is 17.6 Å². The Hall–Kier alpha value is -2.89. The van der Waals surface area contributed by atoms with Crippen LogP contribution in [0, 0.1) is 0 Å². The predicted molar refractivity (Wildman–Crippen MR) is 97.0 cm³/mol. The summed E-state index contributed by atoms with van der Waals surface area (Å²) in [5.41, 5.74) is 7.98. The third-order valence-corrected chi connectivity index (χ3v) is 3.88. The van der Waals surface area contributed by atoms with Crippen LogP contribution in [0.4, 0.5) is 10.5 Å². The second-order valence-corrected chi connectivity index (χ2v) is 5.49. The van der Waals surface area contributed by atoms with Crippen molar-refractivity contribution < 1.29 is 19.0 Å². The number of hydrogen-bond acceptors (Lipinski definition) is 5. The monoisotopic (exact) mass is 344 g/mol. The van der Waals surface area contributed by atoms with Crippen molar-refractivity contribution in [2.24, 2.45) is 5.73 Å². The SMILES string of the molecule is CCC(OC(N)=O)c1ccc(OC)cc1NCc1ccc(OC)cc1. The smallest absolute Gasteiger partial charge is 0.405 e. The first-order valence-electron chi connectivity index (χ1n) is 8.08. The van der Waals surface area contributed by atoms with E-state index in [9.17, 15) is 4.79 Å². The van der Waals surface area contributed by atoms with Gasteiger partial charge in [-0.3, -0.25) is 0 Å². The molecule has 1 atom stereocenters. The van der Waals surface area contributed by atoms with Crippen molar-refractivity contribution >= 4 is 11.8 Å². The van der Waals surface area contributed by atoms with Crippen LogP contribution >= 0.6 is 0 Å². The summed E-state index contributed by atoms with van der Waals surface area (Å²) in [6.45, 7) is 2.54. The van der Waals surface area contributed by atoms with Gasteiger partial charge < -0.3 is 25.3 Å². The zero-order valence-electron chi connectivity index (χ0n) is 14.7. The van der Waals surface area contributed by atoms with Gasteiger partial charge in [-0.15, -0.1) is 0 Å². The Balaban J connectivity index is 2.22. The van der Waals surface area contributed by atoms with E-state index in [2.05, 4.69) is 5.32 Å². The summed E-state index contributed by atoms with van der Waals surface area (Å²) in [6, 6.07) is 13.4. The highest BCUT2D eigenvalue weighted by molar-refractivity contribution is 5.66. The lowest BCUT2D eigenvalue weighted by Gasteiger charge is -2.20. The Morgan fingerprint density at radius 3 is 2.28 bits per heavy atom. The number of hydrogen-bond donors (Lipinski definition) is 2. The fourth-order valence-corrected chi connectivity index (χ4v) is 2.54. The Morgan fingerprint density at radius 1 is 1.08 bits per heavy atom. The molecule has 2 rings (SSSR count). The number of carbonyl (C=O) groups excluding carboxylic acids is 1. The molecule has 0 aliphatic rings. The molecule has 0 aliphatic carbocycles. The van der Waals surface area contributed by atoms with Crippen molar-refractivity contribution in [3.8, 4) is 11.5 Å². The number of nitrogens with one attached hydrogen (secondary N) is 1. The summed E-state index contributed by atoms with van der Waals surface area (Å²) in [5, 5.41) is 3.38. The van der Waals surface area contributed by atoms with Crippen molar-refractivity contribution in [3.05, 3.63) is 53.6 Å². The molecule has 0 fully saturated rings. The van der Waals surface area contributed by atoms with Crippen LogP contribution in [0.2, 0.25) is 0 Å². The van der Waals surface area contributed by atoms with Crippen molar-refractivity contribution in [3.63, 3.8) is 0 Å². The van der Waals surface area contributed by atoms with E-state index in [-0.39, 0.29) is 0 Å². The van der Waals surface area contributed by atoms with Gasteiger partial charge >= 0.3 is 6.09 Å². The maximum atomic E-state index is 11.2. The lowest BCUT2D eigenvalue weighted by molar-refractivity contribution is 0.104. The second kappa shape index (κ2) is 8.82. The fraction of sp³-hybridized carbons (Fsp3) is 0.316. The molecule has 2 aromatic carbocycles. The summed E-state index contributed by atoms with van der Waals surface area (Å²) >= 11 is 0. The van der Waals surface area contributed by atoms with E-state index in [1.165, 1.54) is 0 Å². The number of anilines is 1. The van der Waals surface area contributed by atoms with Crippen LogP contribution in [0.25, 0.3) is 0 Å². The number of nitrogens with two attached hydrogens (primary N) is 1. The second-order valence-electron chi connectivity index (χ2n) is 5.49. The molecule has 0 aliphatic heterocycles. The Labute approximate surface area is 147 Å². The van der Waals surface area contributed by atoms with Gasteiger partial charge in [-0.1, -0.05) is 19.1 Å². The minimum Gasteiger partial charge on any atom is -0.497 e. The first-order valence-corrected chi connectivity index (χ1v) is 8.08. The summed E-state index contributed by atoms with van der Waals surface area (Å²) in [6.07, 6.45) is -0.586. The molecule has 0 heterocycles. The minimum atomic E-state index is -0.788. The number of methoxy groups -OCH3 is 2. The molecule has 6 nitrogen and oxygen atoms in total. The summed E-state index contributed by atoms with van der Waals surface area (Å²) in [4.78, 5) is 11.2. The van der Waals surface area contributed by atoms with E-state index < -0.39 is 12.2 Å². The molecule has 25 heavy (non-hydrogen) atoms. The van der Waals surface area contributed by atoms with Crippen molar-refractivity contribution in [1.82, 2.24) is 0 Å². The Kier molecular flexibility index (Phi) is 6.51. The van der Waals surface area contributed by atoms with E-state index in [4.69, 9.17) is 19.9 Å². The molecule has 1 unspecified atom stereocenters. The number of amides is 1. The van der Waals surface area contributed by atoms with Crippen LogP contribution in [0.15, 0.2) is 42.5 Å². The molecule has 3 N–H and O–H groups in total. The minimum absolute atomic E-state index is 0.415. The van der Waals surface area contributed by atoms with Gasteiger partial charge in [0.15, 0.2) is 0 Å². The molecule has 0 bridgehead atoms. The lowest BCUT2D eigenvalue weighted by Crippen LogP contribution is -2.18. The molecule has 0 spiro atoms. The number of carbonyl (C=O) groups is 1. The van der Waals surface area contributed by atoms with E-state index in [1.807, 2.05) is 49.4 Å². The van der Waals surface area contributed by atoms with Crippen LogP contribution < -0.4 is 20.5 Å². The third kappa shape index (κ3) is 5.04. The quantitative estimate of drug-likeness (QED) is 0.760. The van der Waals surface area contributed by atoms with Crippen molar-refractivity contribution in [1.29, 1.82) is 0 Å². The number of benzene rings is 2. The van der Waals surface area contributed by atoms with Crippen molar-refractivity contribution in [2.45, 2.75) is 26.0 Å². The molecule has 134 valence electrons. The average Bonchev–Trinajstić information content (AvgIpc) is 2.64. The molecule has 0 aromatic heterocycles. The van der Waals surface area contributed by atoms with Crippen LogP contribution in [0.3, 0.4) is 0 Å². The van der Waals surface area contributed by atoms with Crippen LogP contribution in [-0.4, -0.2) is 20.3 Å². The maximum Gasteiger partial charge on any atom is 0.405 e. The zero-order chi connectivity index (χ0) is 18.2. The predicted octanol–water partition coefficient (Wildman–Crippen LogP) is 3.86. The third-order valence-electron chi connectivity index (χ3n) is 3.88. The highest BCUT2D eigenvalue weighted by Gasteiger charge is 2.17. The van der Waals surface area contributed by atoms with Gasteiger partial charge in [0.2, 0.25) is 0 Å². The summed E-state index contributed by atoms with van der Waals surface area (Å²) in [5.74, 6) is 1.53. The van der Waals surface area contributed by atoms with Crippen LogP contribution in [0.1, 0.15) is 30.6 Å². The van der Waals surface area contributed by atoms with E-state index in [1.54, 1.807) is 14.2 Å². The molecule has 1 amide bonds. The average molecular weight is 344 g/mol. The molecular weight excluding hydrogens is 320 g/mol. The van der Waals surface area contributed by atoms with Crippen molar-refractivity contribution in [2.75, 3.05) is 19.5 Å². The van der Waals surface area contributed by atoms with Gasteiger partial charge in [0, 0.05) is 23.9 Å². The molecule has 0 radical (unpaired) electrons. The fourth-order valence-electron chi connectivity index (χ4n) is 2.54. The molecule has 0 saturated heterocycles. The largest absolute Gasteiger partial charge is 0.497 e. The first kappa shape index (κ1) is 18.4. The molecule has 0 saturated carbocycles. The zero-order valence-corrected chi connectivity index (χ0v) is 14.7. The maximum absolute atomic E-state index is 11.2. The number of rotatable bonds is 8. The number of primary amides is 1. The Bertz CT molecular complexity index is 701.